The highest BCUT2D eigenvalue weighted by Crippen LogP contribution is 2.31. The van der Waals surface area contributed by atoms with Gasteiger partial charge in [-0.2, -0.15) is 0 Å². The van der Waals surface area contributed by atoms with E-state index in [1.165, 1.54) is 34.4 Å². The fourth-order valence-electron chi connectivity index (χ4n) is 1.31. The molecule has 0 aromatic carbocycles. The molecular formula is C13H15N3O3S3. The third-order valence-electron chi connectivity index (χ3n) is 2.52. The fraction of sp³-hybridized carbons (Fsp3) is 0.385. The van der Waals surface area contributed by atoms with Gasteiger partial charge in [0.25, 0.3) is 0 Å². The van der Waals surface area contributed by atoms with Crippen molar-refractivity contribution in [2.24, 2.45) is 5.41 Å². The van der Waals surface area contributed by atoms with Crippen LogP contribution in [-0.2, 0) is 10.5 Å². The molecule has 1 amide bonds. The molecule has 118 valence electrons. The average molecular weight is 357 g/mol. The van der Waals surface area contributed by atoms with Crippen LogP contribution >= 0.6 is 34.4 Å². The van der Waals surface area contributed by atoms with Crippen LogP contribution in [0.4, 0.5) is 5.13 Å². The zero-order valence-corrected chi connectivity index (χ0v) is 14.7. The Hall–Kier alpha value is -1.45. The van der Waals surface area contributed by atoms with Gasteiger partial charge in [-0.3, -0.25) is 4.79 Å². The third kappa shape index (κ3) is 4.52. The average Bonchev–Trinajstić information content (AvgIpc) is 3.03. The molecule has 0 saturated heterocycles. The van der Waals surface area contributed by atoms with E-state index in [1.54, 1.807) is 12.1 Å². The van der Waals surface area contributed by atoms with Crippen LogP contribution in [-0.4, -0.2) is 27.2 Å². The number of thioether (sulfide) groups is 1. The van der Waals surface area contributed by atoms with Gasteiger partial charge >= 0.3 is 5.97 Å². The summed E-state index contributed by atoms with van der Waals surface area (Å²) in [5.74, 6) is -0.395. The van der Waals surface area contributed by atoms with Crippen LogP contribution in [0.2, 0.25) is 0 Å². The molecule has 2 aromatic heterocycles. The van der Waals surface area contributed by atoms with E-state index < -0.39 is 11.4 Å². The lowest BCUT2D eigenvalue weighted by atomic mass is 9.96. The minimum absolute atomic E-state index is 0.107. The van der Waals surface area contributed by atoms with E-state index in [0.717, 1.165) is 9.22 Å². The number of nitrogens with zero attached hydrogens (tertiary/aromatic N) is 2. The number of anilines is 1. The SMILES string of the molecule is CC(C)(C)C(=O)Nc1nnc(SCc2ccc(C(=O)O)s2)s1. The van der Waals surface area contributed by atoms with Crippen LogP contribution in [0.5, 0.6) is 0 Å². The summed E-state index contributed by atoms with van der Waals surface area (Å²) in [5.41, 5.74) is -0.483. The van der Waals surface area contributed by atoms with Gasteiger partial charge in [-0.1, -0.05) is 43.9 Å². The van der Waals surface area contributed by atoms with Gasteiger partial charge in [0.1, 0.15) is 4.88 Å². The molecule has 22 heavy (non-hydrogen) atoms. The van der Waals surface area contributed by atoms with Crippen molar-refractivity contribution >= 4 is 51.4 Å². The first-order chi connectivity index (χ1) is 10.3. The molecule has 0 aliphatic carbocycles. The van der Waals surface area contributed by atoms with Gasteiger partial charge in [-0.15, -0.1) is 21.5 Å². The number of rotatable bonds is 5. The zero-order valence-electron chi connectivity index (χ0n) is 12.2. The Labute approximate surface area is 140 Å². The molecule has 2 rings (SSSR count). The number of carbonyl (C=O) groups is 2. The van der Waals surface area contributed by atoms with Crippen molar-refractivity contribution in [3.63, 3.8) is 0 Å². The van der Waals surface area contributed by atoms with Gasteiger partial charge in [0.2, 0.25) is 11.0 Å². The van der Waals surface area contributed by atoms with E-state index in [-0.39, 0.29) is 5.91 Å². The summed E-state index contributed by atoms with van der Waals surface area (Å²) < 4.78 is 0.731. The van der Waals surface area contributed by atoms with E-state index in [2.05, 4.69) is 15.5 Å². The van der Waals surface area contributed by atoms with Crippen LogP contribution in [0.1, 0.15) is 35.3 Å². The molecule has 0 bridgehead atoms. The largest absolute Gasteiger partial charge is 0.477 e. The minimum Gasteiger partial charge on any atom is -0.477 e. The van der Waals surface area contributed by atoms with E-state index in [4.69, 9.17) is 5.11 Å². The second-order valence-corrected chi connectivity index (χ2v) is 8.81. The topological polar surface area (TPSA) is 92.2 Å². The van der Waals surface area contributed by atoms with Crippen LogP contribution in [0.15, 0.2) is 16.5 Å². The number of carboxylic acids is 1. The molecule has 0 spiro atoms. The molecule has 9 heteroatoms. The number of amides is 1. The van der Waals surface area contributed by atoms with Crippen molar-refractivity contribution in [1.29, 1.82) is 0 Å². The molecule has 2 heterocycles. The lowest BCUT2D eigenvalue weighted by Crippen LogP contribution is -2.27. The molecule has 0 aliphatic heterocycles. The zero-order chi connectivity index (χ0) is 16.3. The molecule has 0 fully saturated rings. The lowest BCUT2D eigenvalue weighted by Gasteiger charge is -2.15. The summed E-state index contributed by atoms with van der Waals surface area (Å²) in [6.45, 7) is 5.49. The number of nitrogens with one attached hydrogen (secondary N) is 1. The Balaban J connectivity index is 1.92. The first-order valence-corrected chi connectivity index (χ1v) is 8.97. The highest BCUT2D eigenvalue weighted by atomic mass is 32.2. The van der Waals surface area contributed by atoms with E-state index in [0.29, 0.717) is 15.8 Å². The normalized spacial score (nSPS) is 11.4. The monoisotopic (exact) mass is 357 g/mol. The predicted molar refractivity (Wildman–Crippen MR) is 88.8 cm³/mol. The molecule has 0 atom stereocenters. The van der Waals surface area contributed by atoms with Crippen molar-refractivity contribution in [1.82, 2.24) is 10.2 Å². The van der Waals surface area contributed by atoms with Crippen LogP contribution in [0, 0.1) is 5.41 Å². The highest BCUT2D eigenvalue weighted by Gasteiger charge is 2.22. The standard InChI is InChI=1S/C13H15N3O3S3/c1-13(2,3)10(19)14-11-15-16-12(22-11)20-6-7-4-5-8(21-7)9(17)18/h4-5H,6H2,1-3H3,(H,17,18)(H,14,15,19). The quantitative estimate of drug-likeness (QED) is 0.628. The smallest absolute Gasteiger partial charge is 0.345 e. The van der Waals surface area contributed by atoms with Crippen molar-refractivity contribution in [3.8, 4) is 0 Å². The Morgan fingerprint density at radius 1 is 1.27 bits per heavy atom. The molecule has 6 nitrogen and oxygen atoms in total. The van der Waals surface area contributed by atoms with Crippen molar-refractivity contribution in [2.45, 2.75) is 30.9 Å². The van der Waals surface area contributed by atoms with E-state index in [1.807, 2.05) is 20.8 Å². The number of thiophene rings is 1. The van der Waals surface area contributed by atoms with Gasteiger partial charge in [-0.25, -0.2) is 4.79 Å². The first kappa shape index (κ1) is 16.9. The number of hydrogen-bond donors (Lipinski definition) is 2. The second-order valence-electron chi connectivity index (χ2n) is 5.44. The molecule has 0 unspecified atom stereocenters. The maximum Gasteiger partial charge on any atom is 0.345 e. The number of carbonyl (C=O) groups excluding carboxylic acids is 1. The number of carboxylic acid groups (broad SMARTS) is 1. The van der Waals surface area contributed by atoms with Crippen molar-refractivity contribution in [2.75, 3.05) is 5.32 Å². The van der Waals surface area contributed by atoms with Gasteiger partial charge in [0, 0.05) is 16.0 Å². The predicted octanol–water partition coefficient (Wildman–Crippen LogP) is 3.57. The lowest BCUT2D eigenvalue weighted by molar-refractivity contribution is -0.123. The molecule has 0 radical (unpaired) electrons. The Kier molecular flexibility index (Phi) is 5.20. The maximum atomic E-state index is 11.9. The van der Waals surface area contributed by atoms with E-state index in [9.17, 15) is 9.59 Å². The first-order valence-electron chi connectivity index (χ1n) is 6.35. The van der Waals surface area contributed by atoms with Gasteiger partial charge < -0.3 is 10.4 Å². The Morgan fingerprint density at radius 2 is 2.00 bits per heavy atom. The molecule has 0 aliphatic rings. The summed E-state index contributed by atoms with van der Waals surface area (Å²) in [5, 5.41) is 20.0. The van der Waals surface area contributed by atoms with Crippen molar-refractivity contribution in [3.05, 3.63) is 21.9 Å². The second kappa shape index (κ2) is 6.76. The molecular weight excluding hydrogens is 342 g/mol. The minimum atomic E-state index is -0.913. The molecule has 2 aromatic rings. The highest BCUT2D eigenvalue weighted by molar-refractivity contribution is 8.00. The molecule has 2 N–H and O–H groups in total. The Bertz CT molecular complexity index is 688. The summed E-state index contributed by atoms with van der Waals surface area (Å²) in [7, 11) is 0. The summed E-state index contributed by atoms with van der Waals surface area (Å²) in [4.78, 5) is 24.0. The summed E-state index contributed by atoms with van der Waals surface area (Å²) in [6, 6.07) is 3.39. The van der Waals surface area contributed by atoms with Gasteiger partial charge in [-0.05, 0) is 12.1 Å². The summed E-state index contributed by atoms with van der Waals surface area (Å²) >= 11 is 4.02. The number of aromatic carboxylic acids is 1. The maximum absolute atomic E-state index is 11.9. The van der Waals surface area contributed by atoms with E-state index >= 15 is 0 Å². The Morgan fingerprint density at radius 3 is 2.59 bits per heavy atom. The number of aromatic nitrogens is 2. The van der Waals surface area contributed by atoms with Crippen LogP contribution in [0.3, 0.4) is 0 Å². The molecule has 0 saturated carbocycles. The van der Waals surface area contributed by atoms with Crippen LogP contribution in [0.25, 0.3) is 0 Å². The fourth-order valence-corrected chi connectivity index (χ4v) is 3.94. The van der Waals surface area contributed by atoms with Gasteiger partial charge in [0.15, 0.2) is 4.34 Å². The third-order valence-corrected chi connectivity index (χ3v) is 5.80. The number of hydrogen-bond acceptors (Lipinski definition) is 7. The summed E-state index contributed by atoms with van der Waals surface area (Å²) in [6.07, 6.45) is 0. The van der Waals surface area contributed by atoms with Crippen LogP contribution < -0.4 is 5.32 Å². The van der Waals surface area contributed by atoms with Gasteiger partial charge in [0.05, 0.1) is 0 Å². The van der Waals surface area contributed by atoms with Crippen molar-refractivity contribution < 1.29 is 14.7 Å².